The number of aromatic amines is 1. The number of nitrogens with one attached hydrogen (secondary N) is 1. The number of H-pyrrole nitrogens is 1. The molecule has 20 heavy (non-hydrogen) atoms. The number of nitrogens with zero attached hydrogens (tertiary/aromatic N) is 1. The van der Waals surface area contributed by atoms with Gasteiger partial charge in [0.2, 0.25) is 5.91 Å². The summed E-state index contributed by atoms with van der Waals surface area (Å²) in [6.07, 6.45) is 3.00. The number of hydrogen-bond acceptors (Lipinski definition) is 2. The van der Waals surface area contributed by atoms with Gasteiger partial charge in [0.25, 0.3) is 0 Å². The van der Waals surface area contributed by atoms with Crippen LogP contribution in [0.3, 0.4) is 0 Å². The van der Waals surface area contributed by atoms with E-state index in [1.807, 2.05) is 0 Å². The zero-order valence-electron chi connectivity index (χ0n) is 11.1. The number of carbonyl (C=O) groups excluding carboxylic acids is 1. The van der Waals surface area contributed by atoms with Crippen molar-refractivity contribution in [3.63, 3.8) is 0 Å². The average Bonchev–Trinajstić information content (AvgIpc) is 2.82. The van der Waals surface area contributed by atoms with Gasteiger partial charge in [-0.1, -0.05) is 0 Å². The van der Waals surface area contributed by atoms with Crippen LogP contribution in [0.25, 0.3) is 10.9 Å². The number of aromatic nitrogens is 1. The number of likely N-dealkylation sites (tertiary alicyclic amines) is 1. The van der Waals surface area contributed by atoms with Crippen molar-refractivity contribution in [2.24, 2.45) is 0 Å². The van der Waals surface area contributed by atoms with Crippen LogP contribution in [0, 0.1) is 5.82 Å². The van der Waals surface area contributed by atoms with Gasteiger partial charge in [0, 0.05) is 30.2 Å². The summed E-state index contributed by atoms with van der Waals surface area (Å²) in [4.78, 5) is 17.1. The third-order valence-corrected chi connectivity index (χ3v) is 3.89. The number of halogens is 1. The molecule has 0 saturated carbocycles. The summed E-state index contributed by atoms with van der Waals surface area (Å²) in [5.41, 5.74) is 1.65. The van der Waals surface area contributed by atoms with Crippen LogP contribution in [0.5, 0.6) is 0 Å². The molecule has 2 aromatic rings. The Balaban J connectivity index is 1.76. The third kappa shape index (κ3) is 2.54. The molecule has 2 heterocycles. The van der Waals surface area contributed by atoms with Crippen molar-refractivity contribution in [1.29, 1.82) is 0 Å². The maximum Gasteiger partial charge on any atom is 0.227 e. The highest BCUT2D eigenvalue weighted by molar-refractivity contribution is 5.89. The van der Waals surface area contributed by atoms with Gasteiger partial charge in [-0.25, -0.2) is 4.39 Å². The van der Waals surface area contributed by atoms with Crippen LogP contribution in [0.15, 0.2) is 24.4 Å². The zero-order chi connectivity index (χ0) is 14.1. The Hall–Kier alpha value is -1.88. The summed E-state index contributed by atoms with van der Waals surface area (Å²) in [5.74, 6) is -0.269. The first-order valence-corrected chi connectivity index (χ1v) is 6.85. The molecule has 0 bridgehead atoms. The maximum atomic E-state index is 13.3. The van der Waals surface area contributed by atoms with Crippen LogP contribution < -0.4 is 0 Å². The molecule has 106 valence electrons. The van der Waals surface area contributed by atoms with Gasteiger partial charge in [0.05, 0.1) is 12.5 Å². The normalized spacial score (nSPS) is 16.8. The van der Waals surface area contributed by atoms with E-state index >= 15 is 0 Å². The maximum absolute atomic E-state index is 13.3. The SMILES string of the molecule is O=C(Cc1c[nH]c2ccc(F)cc12)N1CCC(O)CC1. The predicted octanol–water partition coefficient (Wildman–Crippen LogP) is 1.83. The summed E-state index contributed by atoms with van der Waals surface area (Å²) in [6, 6.07) is 4.53. The van der Waals surface area contributed by atoms with E-state index in [2.05, 4.69) is 4.98 Å². The summed E-state index contributed by atoms with van der Waals surface area (Å²) in [7, 11) is 0. The predicted molar refractivity (Wildman–Crippen MR) is 73.8 cm³/mol. The van der Waals surface area contributed by atoms with E-state index in [0.29, 0.717) is 25.9 Å². The molecule has 3 rings (SSSR count). The second-order valence-electron chi connectivity index (χ2n) is 5.29. The first kappa shape index (κ1) is 13.1. The lowest BCUT2D eigenvalue weighted by Crippen LogP contribution is -2.40. The fourth-order valence-corrected chi connectivity index (χ4v) is 2.69. The molecule has 4 nitrogen and oxygen atoms in total. The topological polar surface area (TPSA) is 56.3 Å². The number of piperidine rings is 1. The Morgan fingerprint density at radius 2 is 2.15 bits per heavy atom. The first-order chi connectivity index (χ1) is 9.63. The van der Waals surface area contributed by atoms with Gasteiger partial charge in [-0.2, -0.15) is 0 Å². The molecule has 0 aliphatic carbocycles. The van der Waals surface area contributed by atoms with Crippen molar-refractivity contribution in [2.45, 2.75) is 25.4 Å². The van der Waals surface area contributed by atoms with Crippen molar-refractivity contribution < 1.29 is 14.3 Å². The van der Waals surface area contributed by atoms with Gasteiger partial charge >= 0.3 is 0 Å². The van der Waals surface area contributed by atoms with Gasteiger partial charge < -0.3 is 15.0 Å². The van der Waals surface area contributed by atoms with Crippen LogP contribution in [0.1, 0.15) is 18.4 Å². The number of carbonyl (C=O) groups is 1. The minimum Gasteiger partial charge on any atom is -0.393 e. The number of aliphatic hydroxyl groups excluding tert-OH is 1. The lowest BCUT2D eigenvalue weighted by molar-refractivity contribution is -0.132. The van der Waals surface area contributed by atoms with Gasteiger partial charge in [-0.05, 0) is 36.6 Å². The Morgan fingerprint density at radius 3 is 2.90 bits per heavy atom. The molecule has 1 aromatic carbocycles. The van der Waals surface area contributed by atoms with Crippen molar-refractivity contribution in [3.8, 4) is 0 Å². The number of aliphatic hydroxyl groups is 1. The number of rotatable bonds is 2. The quantitative estimate of drug-likeness (QED) is 0.879. The van der Waals surface area contributed by atoms with Crippen molar-refractivity contribution in [2.75, 3.05) is 13.1 Å². The zero-order valence-corrected chi connectivity index (χ0v) is 11.1. The molecule has 1 fully saturated rings. The largest absolute Gasteiger partial charge is 0.393 e. The minimum absolute atomic E-state index is 0.0297. The molecule has 1 aromatic heterocycles. The molecule has 5 heteroatoms. The second kappa shape index (κ2) is 5.25. The summed E-state index contributed by atoms with van der Waals surface area (Å²) >= 11 is 0. The molecular weight excluding hydrogens is 259 g/mol. The molecule has 1 saturated heterocycles. The fourth-order valence-electron chi connectivity index (χ4n) is 2.69. The smallest absolute Gasteiger partial charge is 0.227 e. The average molecular weight is 276 g/mol. The number of amides is 1. The van der Waals surface area contributed by atoms with Gasteiger partial charge in [0.1, 0.15) is 5.82 Å². The molecule has 1 aliphatic heterocycles. The van der Waals surface area contributed by atoms with Gasteiger partial charge in [-0.15, -0.1) is 0 Å². The van der Waals surface area contributed by atoms with E-state index in [1.165, 1.54) is 12.1 Å². The highest BCUT2D eigenvalue weighted by atomic mass is 19.1. The Bertz CT molecular complexity index is 630. The molecule has 1 aliphatic rings. The van der Waals surface area contributed by atoms with E-state index in [9.17, 15) is 14.3 Å². The third-order valence-electron chi connectivity index (χ3n) is 3.89. The van der Waals surface area contributed by atoms with Crippen molar-refractivity contribution in [1.82, 2.24) is 9.88 Å². The highest BCUT2D eigenvalue weighted by Gasteiger charge is 2.22. The lowest BCUT2D eigenvalue weighted by atomic mass is 10.1. The highest BCUT2D eigenvalue weighted by Crippen LogP contribution is 2.21. The van der Waals surface area contributed by atoms with E-state index < -0.39 is 0 Å². The van der Waals surface area contributed by atoms with Gasteiger partial charge in [0.15, 0.2) is 0 Å². The first-order valence-electron chi connectivity index (χ1n) is 6.85. The Labute approximate surface area is 116 Å². The summed E-state index contributed by atoms with van der Waals surface area (Å²) in [6.45, 7) is 1.19. The van der Waals surface area contributed by atoms with E-state index in [4.69, 9.17) is 0 Å². The van der Waals surface area contributed by atoms with Crippen LogP contribution in [0.4, 0.5) is 4.39 Å². The Kier molecular flexibility index (Phi) is 3.44. The summed E-state index contributed by atoms with van der Waals surface area (Å²) in [5, 5.41) is 10.2. The van der Waals surface area contributed by atoms with Crippen LogP contribution in [-0.4, -0.2) is 40.1 Å². The Morgan fingerprint density at radius 1 is 1.40 bits per heavy atom. The van der Waals surface area contributed by atoms with Gasteiger partial charge in [-0.3, -0.25) is 4.79 Å². The number of fused-ring (bicyclic) bond motifs is 1. The van der Waals surface area contributed by atoms with E-state index in [0.717, 1.165) is 16.5 Å². The lowest BCUT2D eigenvalue weighted by Gasteiger charge is -2.29. The van der Waals surface area contributed by atoms with Crippen LogP contribution >= 0.6 is 0 Å². The van der Waals surface area contributed by atoms with Crippen molar-refractivity contribution in [3.05, 3.63) is 35.8 Å². The van der Waals surface area contributed by atoms with E-state index in [-0.39, 0.29) is 24.2 Å². The molecule has 2 N–H and O–H groups in total. The van der Waals surface area contributed by atoms with Crippen LogP contribution in [-0.2, 0) is 11.2 Å². The monoisotopic (exact) mass is 276 g/mol. The number of hydrogen-bond donors (Lipinski definition) is 2. The van der Waals surface area contributed by atoms with Crippen LogP contribution in [0.2, 0.25) is 0 Å². The molecular formula is C15H17FN2O2. The minimum atomic E-state index is -0.299. The standard InChI is InChI=1S/C15H17FN2O2/c16-11-1-2-14-13(8-11)10(9-17-14)7-15(20)18-5-3-12(19)4-6-18/h1-2,8-9,12,17,19H,3-7H2. The molecule has 0 atom stereocenters. The molecule has 1 amide bonds. The molecule has 0 spiro atoms. The van der Waals surface area contributed by atoms with E-state index in [1.54, 1.807) is 17.2 Å². The fraction of sp³-hybridized carbons (Fsp3) is 0.400. The molecule has 0 unspecified atom stereocenters. The van der Waals surface area contributed by atoms with Crippen molar-refractivity contribution >= 4 is 16.8 Å². The number of benzene rings is 1. The second-order valence-corrected chi connectivity index (χ2v) is 5.29. The molecule has 0 radical (unpaired) electrons. The summed E-state index contributed by atoms with van der Waals surface area (Å²) < 4.78 is 13.3.